The fraction of sp³-hybridized carbons (Fsp3) is 0.231. The van der Waals surface area contributed by atoms with E-state index in [9.17, 15) is 4.39 Å². The van der Waals surface area contributed by atoms with Crippen molar-refractivity contribution in [3.63, 3.8) is 0 Å². The molecule has 96 valence electrons. The van der Waals surface area contributed by atoms with Gasteiger partial charge < -0.3 is 10.5 Å². The van der Waals surface area contributed by atoms with Gasteiger partial charge in [-0.05, 0) is 28.1 Å². The Morgan fingerprint density at radius 1 is 1.39 bits per heavy atom. The summed E-state index contributed by atoms with van der Waals surface area (Å²) in [5.41, 5.74) is 6.24. The van der Waals surface area contributed by atoms with Gasteiger partial charge in [-0.15, -0.1) is 11.3 Å². The minimum atomic E-state index is -0.249. The maximum absolute atomic E-state index is 13.4. The van der Waals surface area contributed by atoms with E-state index in [1.54, 1.807) is 29.5 Å². The average Bonchev–Trinajstić information content (AvgIpc) is 2.79. The second-order valence-corrected chi connectivity index (χ2v) is 5.65. The van der Waals surface area contributed by atoms with Crippen LogP contribution in [-0.4, -0.2) is 6.54 Å². The van der Waals surface area contributed by atoms with E-state index in [1.165, 1.54) is 6.07 Å². The maximum atomic E-state index is 13.4. The molecule has 1 heterocycles. The first kappa shape index (κ1) is 13.7. The molecule has 2 rings (SSSR count). The molecule has 18 heavy (non-hydrogen) atoms. The zero-order chi connectivity index (χ0) is 13.0. The summed E-state index contributed by atoms with van der Waals surface area (Å²) >= 11 is 4.97. The number of ether oxygens (including phenoxy) is 1. The van der Waals surface area contributed by atoms with Crippen molar-refractivity contribution in [3.05, 3.63) is 56.4 Å². The Labute approximate surface area is 118 Å². The van der Waals surface area contributed by atoms with Crippen molar-refractivity contribution >= 4 is 27.3 Å². The molecule has 0 aliphatic carbocycles. The molecule has 0 spiro atoms. The molecule has 1 unspecified atom stereocenters. The molecule has 5 heteroatoms. The highest BCUT2D eigenvalue weighted by atomic mass is 79.9. The fourth-order valence-corrected chi connectivity index (χ4v) is 3.08. The molecule has 0 bridgehead atoms. The largest absolute Gasteiger partial charge is 0.367 e. The van der Waals surface area contributed by atoms with Crippen LogP contribution < -0.4 is 5.73 Å². The number of benzene rings is 1. The summed E-state index contributed by atoms with van der Waals surface area (Å²) in [4.78, 5) is 1.04. The quantitative estimate of drug-likeness (QED) is 0.903. The lowest BCUT2D eigenvalue weighted by Gasteiger charge is -2.14. The number of hydrogen-bond acceptors (Lipinski definition) is 3. The van der Waals surface area contributed by atoms with Crippen LogP contribution in [0.25, 0.3) is 0 Å². The van der Waals surface area contributed by atoms with Gasteiger partial charge in [-0.1, -0.05) is 18.2 Å². The molecule has 0 saturated carbocycles. The van der Waals surface area contributed by atoms with Gasteiger partial charge in [0.05, 0.1) is 6.61 Å². The number of hydrogen-bond donors (Lipinski definition) is 1. The van der Waals surface area contributed by atoms with Crippen molar-refractivity contribution in [1.29, 1.82) is 0 Å². The summed E-state index contributed by atoms with van der Waals surface area (Å²) in [5, 5.41) is 1.98. The van der Waals surface area contributed by atoms with Crippen LogP contribution in [0.15, 0.2) is 40.2 Å². The highest BCUT2D eigenvalue weighted by molar-refractivity contribution is 9.10. The van der Waals surface area contributed by atoms with E-state index >= 15 is 0 Å². The lowest BCUT2D eigenvalue weighted by atomic mass is 10.2. The van der Waals surface area contributed by atoms with Gasteiger partial charge in [0.25, 0.3) is 0 Å². The molecule has 2 N–H and O–H groups in total. The average molecular weight is 330 g/mol. The highest BCUT2D eigenvalue weighted by Crippen LogP contribution is 2.28. The zero-order valence-corrected chi connectivity index (χ0v) is 12.0. The molecule has 0 fully saturated rings. The molecular weight excluding hydrogens is 317 g/mol. The van der Waals surface area contributed by atoms with E-state index in [0.29, 0.717) is 12.1 Å². The molecular formula is C13H13BrFNOS. The Kier molecular flexibility index (Phi) is 4.88. The van der Waals surface area contributed by atoms with E-state index in [-0.39, 0.29) is 18.5 Å². The normalized spacial score (nSPS) is 12.6. The Bertz CT molecular complexity index is 517. The van der Waals surface area contributed by atoms with Crippen LogP contribution in [0.4, 0.5) is 4.39 Å². The SMILES string of the molecule is NCC(OCc1ccccc1F)c1cc(Br)cs1. The first-order valence-corrected chi connectivity index (χ1v) is 7.17. The molecule has 0 amide bonds. The molecule has 0 aliphatic heterocycles. The van der Waals surface area contributed by atoms with Crippen LogP contribution >= 0.6 is 27.3 Å². The Morgan fingerprint density at radius 2 is 2.17 bits per heavy atom. The topological polar surface area (TPSA) is 35.2 Å². The van der Waals surface area contributed by atoms with Gasteiger partial charge in [-0.25, -0.2) is 4.39 Å². The number of halogens is 2. The molecule has 1 aromatic heterocycles. The highest BCUT2D eigenvalue weighted by Gasteiger charge is 2.13. The minimum Gasteiger partial charge on any atom is -0.367 e. The molecule has 0 aliphatic rings. The smallest absolute Gasteiger partial charge is 0.128 e. The second-order valence-electron chi connectivity index (χ2n) is 3.79. The Hall–Kier alpha value is -0.750. The van der Waals surface area contributed by atoms with Crippen molar-refractivity contribution in [2.45, 2.75) is 12.7 Å². The van der Waals surface area contributed by atoms with E-state index in [1.807, 2.05) is 11.4 Å². The van der Waals surface area contributed by atoms with Gasteiger partial charge in [0.1, 0.15) is 11.9 Å². The summed E-state index contributed by atoms with van der Waals surface area (Å²) in [7, 11) is 0. The summed E-state index contributed by atoms with van der Waals surface area (Å²) in [5.74, 6) is -0.249. The maximum Gasteiger partial charge on any atom is 0.128 e. The molecule has 1 atom stereocenters. The summed E-state index contributed by atoms with van der Waals surface area (Å²) < 4.78 is 20.1. The van der Waals surface area contributed by atoms with Crippen molar-refractivity contribution in [2.24, 2.45) is 5.73 Å². The third kappa shape index (κ3) is 3.38. The molecule has 2 nitrogen and oxygen atoms in total. The van der Waals surface area contributed by atoms with Crippen molar-refractivity contribution < 1.29 is 9.13 Å². The standard InChI is InChI=1S/C13H13BrFNOS/c14-10-5-13(18-8-10)12(6-16)17-7-9-3-1-2-4-11(9)15/h1-5,8,12H,6-7,16H2. The van der Waals surface area contributed by atoms with E-state index < -0.39 is 0 Å². The van der Waals surface area contributed by atoms with Crippen LogP contribution in [0, 0.1) is 5.82 Å². The van der Waals surface area contributed by atoms with Crippen molar-refractivity contribution in [2.75, 3.05) is 6.54 Å². The Balaban J connectivity index is 2.02. The predicted molar refractivity (Wildman–Crippen MR) is 75.0 cm³/mol. The molecule has 2 aromatic rings. The van der Waals surface area contributed by atoms with Crippen molar-refractivity contribution in [1.82, 2.24) is 0 Å². The Morgan fingerprint density at radius 3 is 2.78 bits per heavy atom. The molecule has 0 saturated heterocycles. The van der Waals surface area contributed by atoms with Crippen molar-refractivity contribution in [3.8, 4) is 0 Å². The second kappa shape index (κ2) is 6.43. The first-order valence-electron chi connectivity index (χ1n) is 5.49. The van der Waals surface area contributed by atoms with E-state index in [0.717, 1.165) is 9.35 Å². The monoisotopic (exact) mass is 329 g/mol. The number of nitrogens with two attached hydrogens (primary N) is 1. The van der Waals surface area contributed by atoms with Crippen LogP contribution in [0.3, 0.4) is 0 Å². The summed E-state index contributed by atoms with van der Waals surface area (Å²) in [6, 6.07) is 8.57. The lowest BCUT2D eigenvalue weighted by Crippen LogP contribution is -2.15. The van der Waals surface area contributed by atoms with Gasteiger partial charge in [0, 0.05) is 26.8 Å². The molecule has 1 aromatic carbocycles. The van der Waals surface area contributed by atoms with Gasteiger partial charge >= 0.3 is 0 Å². The third-order valence-electron chi connectivity index (χ3n) is 2.52. The van der Waals surface area contributed by atoms with Crippen LogP contribution in [0.5, 0.6) is 0 Å². The first-order chi connectivity index (χ1) is 8.70. The van der Waals surface area contributed by atoms with E-state index in [2.05, 4.69) is 15.9 Å². The van der Waals surface area contributed by atoms with Crippen LogP contribution in [0.2, 0.25) is 0 Å². The van der Waals surface area contributed by atoms with Gasteiger partial charge in [0.15, 0.2) is 0 Å². The fourth-order valence-electron chi connectivity index (χ4n) is 1.57. The number of thiophene rings is 1. The lowest BCUT2D eigenvalue weighted by molar-refractivity contribution is 0.0463. The van der Waals surface area contributed by atoms with Gasteiger partial charge in [0.2, 0.25) is 0 Å². The summed E-state index contributed by atoms with van der Waals surface area (Å²) in [6.45, 7) is 0.603. The predicted octanol–water partition coefficient (Wildman–Crippen LogP) is 3.87. The minimum absolute atomic E-state index is 0.194. The molecule has 0 radical (unpaired) electrons. The van der Waals surface area contributed by atoms with E-state index in [4.69, 9.17) is 10.5 Å². The van der Waals surface area contributed by atoms with Gasteiger partial charge in [-0.3, -0.25) is 0 Å². The number of rotatable bonds is 5. The van der Waals surface area contributed by atoms with Crippen LogP contribution in [-0.2, 0) is 11.3 Å². The third-order valence-corrected chi connectivity index (χ3v) is 4.30. The van der Waals surface area contributed by atoms with Crippen LogP contribution in [0.1, 0.15) is 16.5 Å². The summed E-state index contributed by atoms with van der Waals surface area (Å²) in [6.07, 6.45) is -0.194. The van der Waals surface area contributed by atoms with Gasteiger partial charge in [-0.2, -0.15) is 0 Å². The zero-order valence-electron chi connectivity index (χ0n) is 9.61.